The molecule has 0 fully saturated rings. The van der Waals surface area contributed by atoms with Crippen LogP contribution < -0.4 is 5.48 Å². The summed E-state index contributed by atoms with van der Waals surface area (Å²) in [6.07, 6.45) is -4.65. The molecule has 0 unspecified atom stereocenters. The predicted octanol–water partition coefficient (Wildman–Crippen LogP) is 0.362. The van der Waals surface area contributed by atoms with E-state index in [-0.39, 0.29) is 6.61 Å². The molecule has 6 nitrogen and oxygen atoms in total. The molecule has 0 aliphatic heterocycles. The van der Waals surface area contributed by atoms with Crippen molar-refractivity contribution in [3.05, 3.63) is 11.4 Å². The molecule has 17 heavy (non-hydrogen) atoms. The summed E-state index contributed by atoms with van der Waals surface area (Å²) in [7, 11) is 1.17. The van der Waals surface area contributed by atoms with Crippen LogP contribution >= 0.6 is 0 Å². The minimum atomic E-state index is -4.65. The molecule has 1 rings (SSSR count). The number of ether oxygens (including phenoxy) is 1. The SMILES string of the molecule is CCOC(=O)c1n[nH]c(C(F)(F)F)c1[NH2+]OC. The minimum Gasteiger partial charge on any atom is -0.461 e. The number of alkyl halides is 3. The van der Waals surface area contributed by atoms with Crippen LogP contribution in [-0.2, 0) is 15.8 Å². The first-order valence-electron chi connectivity index (χ1n) is 4.60. The highest BCUT2D eigenvalue weighted by atomic mass is 19.4. The summed E-state index contributed by atoms with van der Waals surface area (Å²) in [4.78, 5) is 15.8. The van der Waals surface area contributed by atoms with Crippen molar-refractivity contribution >= 4 is 11.7 Å². The summed E-state index contributed by atoms with van der Waals surface area (Å²) in [5, 5.41) is 5.04. The Kier molecular flexibility index (Phi) is 4.07. The summed E-state index contributed by atoms with van der Waals surface area (Å²) in [5.41, 5.74) is -1.29. The number of rotatable bonds is 4. The topological polar surface area (TPSA) is 80.8 Å². The van der Waals surface area contributed by atoms with Crippen LogP contribution in [-0.4, -0.2) is 29.9 Å². The fraction of sp³-hybridized carbons (Fsp3) is 0.500. The first kappa shape index (κ1) is 13.5. The molecular formula is C8H11F3N3O3+. The number of H-pyrrole nitrogens is 1. The predicted molar refractivity (Wildman–Crippen MR) is 48.1 cm³/mol. The second kappa shape index (κ2) is 5.15. The molecule has 0 saturated heterocycles. The Balaban J connectivity index is 3.15. The van der Waals surface area contributed by atoms with Gasteiger partial charge in [-0.2, -0.15) is 23.8 Å². The molecule has 0 aliphatic rings. The molecule has 0 bridgehead atoms. The van der Waals surface area contributed by atoms with Crippen molar-refractivity contribution in [2.45, 2.75) is 13.1 Å². The van der Waals surface area contributed by atoms with E-state index in [0.29, 0.717) is 0 Å². The minimum absolute atomic E-state index is 0.0411. The average Bonchev–Trinajstić information content (AvgIpc) is 2.62. The van der Waals surface area contributed by atoms with Crippen molar-refractivity contribution in [3.63, 3.8) is 0 Å². The summed E-state index contributed by atoms with van der Waals surface area (Å²) >= 11 is 0. The van der Waals surface area contributed by atoms with Crippen LogP contribution in [0.2, 0.25) is 0 Å². The van der Waals surface area contributed by atoms with Crippen LogP contribution in [0.5, 0.6) is 0 Å². The molecule has 1 aromatic heterocycles. The van der Waals surface area contributed by atoms with Crippen LogP contribution in [0.1, 0.15) is 23.1 Å². The zero-order chi connectivity index (χ0) is 13.1. The van der Waals surface area contributed by atoms with Gasteiger partial charge in [-0.3, -0.25) is 5.10 Å². The van der Waals surface area contributed by atoms with Crippen molar-refractivity contribution in [2.24, 2.45) is 0 Å². The number of aromatic amines is 1. The third kappa shape index (κ3) is 2.94. The Labute approximate surface area is 94.0 Å². The van der Waals surface area contributed by atoms with Gasteiger partial charge in [-0.25, -0.2) is 9.63 Å². The standard InChI is InChI=1S/C8H10F3N3O3/c1-3-17-7(15)5-4(14-16-2)6(13-12-5)8(9,10)11/h14H,3H2,1-2H3,(H,12,13)/p+1. The molecule has 0 atom stereocenters. The summed E-state index contributed by atoms with van der Waals surface area (Å²) in [6.45, 7) is 1.58. The van der Waals surface area contributed by atoms with Crippen LogP contribution in [0.25, 0.3) is 0 Å². The largest absolute Gasteiger partial charge is 0.461 e. The highest BCUT2D eigenvalue weighted by Gasteiger charge is 2.41. The van der Waals surface area contributed by atoms with E-state index >= 15 is 0 Å². The lowest BCUT2D eigenvalue weighted by Crippen LogP contribution is -2.77. The Hall–Kier alpha value is -1.61. The molecule has 9 heteroatoms. The second-order valence-electron chi connectivity index (χ2n) is 2.93. The first-order valence-corrected chi connectivity index (χ1v) is 4.60. The lowest BCUT2D eigenvalue weighted by atomic mass is 10.3. The average molecular weight is 254 g/mol. The van der Waals surface area contributed by atoms with Gasteiger partial charge in [0.1, 0.15) is 0 Å². The zero-order valence-electron chi connectivity index (χ0n) is 9.09. The number of nitrogens with zero attached hydrogens (tertiary/aromatic N) is 1. The molecule has 3 N–H and O–H groups in total. The van der Waals surface area contributed by atoms with Gasteiger partial charge in [-0.15, -0.1) is 0 Å². The third-order valence-electron chi connectivity index (χ3n) is 1.79. The molecule has 0 aromatic carbocycles. The van der Waals surface area contributed by atoms with E-state index in [1.54, 1.807) is 5.10 Å². The highest BCUT2D eigenvalue weighted by molar-refractivity contribution is 5.92. The quantitative estimate of drug-likeness (QED) is 0.600. The van der Waals surface area contributed by atoms with Crippen LogP contribution in [0, 0.1) is 0 Å². The van der Waals surface area contributed by atoms with Gasteiger partial charge in [-0.05, 0) is 6.92 Å². The third-order valence-corrected chi connectivity index (χ3v) is 1.79. The molecule has 96 valence electrons. The molecule has 1 heterocycles. The van der Waals surface area contributed by atoms with E-state index in [0.717, 1.165) is 5.48 Å². The zero-order valence-corrected chi connectivity index (χ0v) is 9.09. The van der Waals surface area contributed by atoms with E-state index in [1.807, 2.05) is 0 Å². The Morgan fingerprint density at radius 2 is 2.18 bits per heavy atom. The van der Waals surface area contributed by atoms with E-state index < -0.39 is 29.2 Å². The normalized spacial score (nSPS) is 11.6. The number of nitrogens with two attached hydrogens (primary N) is 1. The summed E-state index contributed by atoms with van der Waals surface area (Å²) in [6, 6.07) is 0. The molecule has 0 spiro atoms. The van der Waals surface area contributed by atoms with Crippen molar-refractivity contribution < 1.29 is 33.0 Å². The van der Waals surface area contributed by atoms with Crippen molar-refractivity contribution in [1.29, 1.82) is 0 Å². The molecular weight excluding hydrogens is 243 g/mol. The highest BCUT2D eigenvalue weighted by Crippen LogP contribution is 2.32. The van der Waals surface area contributed by atoms with Gasteiger partial charge >= 0.3 is 12.1 Å². The molecule has 0 aliphatic carbocycles. The number of esters is 1. The van der Waals surface area contributed by atoms with Gasteiger partial charge in [0.05, 0.1) is 13.7 Å². The van der Waals surface area contributed by atoms with E-state index in [9.17, 15) is 18.0 Å². The number of carbonyl (C=O) groups excluding carboxylic acids is 1. The van der Waals surface area contributed by atoms with Gasteiger partial charge < -0.3 is 4.74 Å². The Bertz CT molecular complexity index is 402. The summed E-state index contributed by atoms with van der Waals surface area (Å²) < 4.78 is 42.2. The van der Waals surface area contributed by atoms with Crippen LogP contribution in [0.3, 0.4) is 0 Å². The fourth-order valence-electron chi connectivity index (χ4n) is 1.15. The van der Waals surface area contributed by atoms with Crippen molar-refractivity contribution in [1.82, 2.24) is 10.2 Å². The number of carbonyl (C=O) groups is 1. The number of nitrogens with one attached hydrogen (secondary N) is 1. The van der Waals surface area contributed by atoms with Crippen molar-refractivity contribution in [2.75, 3.05) is 13.7 Å². The van der Waals surface area contributed by atoms with Gasteiger partial charge in [0.2, 0.25) is 17.1 Å². The maximum absolute atomic E-state index is 12.5. The van der Waals surface area contributed by atoms with Gasteiger partial charge in [0.25, 0.3) is 0 Å². The summed E-state index contributed by atoms with van der Waals surface area (Å²) in [5.74, 6) is -0.942. The number of aromatic nitrogens is 2. The molecule has 0 radical (unpaired) electrons. The molecule has 0 amide bonds. The number of quaternary nitrogens is 1. The smallest absolute Gasteiger partial charge is 0.438 e. The van der Waals surface area contributed by atoms with Crippen molar-refractivity contribution in [3.8, 4) is 0 Å². The molecule has 0 saturated carbocycles. The second-order valence-corrected chi connectivity index (χ2v) is 2.93. The fourth-order valence-corrected chi connectivity index (χ4v) is 1.15. The maximum Gasteiger partial charge on any atom is 0.438 e. The number of halogens is 3. The lowest BCUT2D eigenvalue weighted by molar-refractivity contribution is -0.830. The monoisotopic (exact) mass is 254 g/mol. The van der Waals surface area contributed by atoms with E-state index in [1.165, 1.54) is 14.0 Å². The van der Waals surface area contributed by atoms with E-state index in [2.05, 4.69) is 14.7 Å². The van der Waals surface area contributed by atoms with E-state index in [4.69, 9.17) is 0 Å². The Morgan fingerprint density at radius 3 is 2.65 bits per heavy atom. The Morgan fingerprint density at radius 1 is 1.53 bits per heavy atom. The number of hydrogen-bond acceptors (Lipinski definition) is 4. The first-order chi connectivity index (χ1) is 7.91. The molecule has 1 aromatic rings. The maximum atomic E-state index is 12.5. The van der Waals surface area contributed by atoms with Crippen LogP contribution in [0.15, 0.2) is 0 Å². The lowest BCUT2D eigenvalue weighted by Gasteiger charge is -2.04. The van der Waals surface area contributed by atoms with Gasteiger partial charge in [0, 0.05) is 0 Å². The van der Waals surface area contributed by atoms with Gasteiger partial charge in [0.15, 0.2) is 0 Å². The van der Waals surface area contributed by atoms with Gasteiger partial charge in [-0.1, -0.05) is 0 Å². The number of hydrogen-bond donors (Lipinski definition) is 2. The van der Waals surface area contributed by atoms with Crippen LogP contribution in [0.4, 0.5) is 18.9 Å².